The predicted molar refractivity (Wildman–Crippen MR) is 123 cm³/mol. The van der Waals surface area contributed by atoms with Gasteiger partial charge in [0.1, 0.15) is 5.75 Å². The van der Waals surface area contributed by atoms with E-state index in [-0.39, 0.29) is 11.9 Å². The molecular weight excluding hydrogens is 404 g/mol. The number of carbonyl (C=O) groups is 2. The molecule has 0 radical (unpaired) electrons. The SMILES string of the molecule is COc1ccccc1C(=O)N1CCC(N2CCC(N3C(=O)NC4CCCC[C@H]43)CC2)CC1. The van der Waals surface area contributed by atoms with Gasteiger partial charge in [0.15, 0.2) is 0 Å². The Balaban J connectivity index is 1.13. The molecule has 0 bridgehead atoms. The number of rotatable bonds is 4. The van der Waals surface area contributed by atoms with Gasteiger partial charge in [-0.2, -0.15) is 0 Å². The van der Waals surface area contributed by atoms with Crippen molar-refractivity contribution in [3.05, 3.63) is 29.8 Å². The standard InChI is InChI=1S/C25H36N4O3/c1-32-23-9-5-2-6-20(23)24(30)28-16-10-18(11-17-28)27-14-12-19(13-15-27)29-22-8-4-3-7-21(22)26-25(29)31/h2,5-6,9,18-19,21-22H,3-4,7-8,10-17H2,1H3,(H,26,31)/t21?,22-/m1/s1. The molecule has 3 heterocycles. The second-order valence-electron chi connectivity index (χ2n) is 9.81. The van der Waals surface area contributed by atoms with Crippen LogP contribution in [0.1, 0.15) is 61.7 Å². The Kier molecular flexibility index (Phi) is 6.26. The van der Waals surface area contributed by atoms with Crippen molar-refractivity contribution >= 4 is 11.9 Å². The summed E-state index contributed by atoms with van der Waals surface area (Å²) in [7, 11) is 1.61. The van der Waals surface area contributed by atoms with Crippen molar-refractivity contribution in [3.8, 4) is 5.75 Å². The van der Waals surface area contributed by atoms with Gasteiger partial charge in [-0.15, -0.1) is 0 Å². The van der Waals surface area contributed by atoms with Crippen molar-refractivity contribution in [1.82, 2.24) is 20.0 Å². The molecule has 32 heavy (non-hydrogen) atoms. The molecule has 7 nitrogen and oxygen atoms in total. The Morgan fingerprint density at radius 1 is 0.938 bits per heavy atom. The van der Waals surface area contributed by atoms with E-state index in [1.165, 1.54) is 12.8 Å². The minimum atomic E-state index is 0.0710. The highest BCUT2D eigenvalue weighted by Crippen LogP contribution is 2.33. The first kappa shape index (κ1) is 21.6. The number of piperidine rings is 2. The molecule has 1 aromatic carbocycles. The summed E-state index contributed by atoms with van der Waals surface area (Å²) in [6, 6.07) is 9.36. The van der Waals surface area contributed by atoms with Crippen molar-refractivity contribution in [2.24, 2.45) is 0 Å². The number of likely N-dealkylation sites (tertiary alicyclic amines) is 2. The molecule has 7 heteroatoms. The van der Waals surface area contributed by atoms with Crippen LogP contribution in [0.25, 0.3) is 0 Å². The van der Waals surface area contributed by atoms with Gasteiger partial charge in [-0.3, -0.25) is 4.79 Å². The van der Waals surface area contributed by atoms with Gasteiger partial charge in [0.05, 0.1) is 24.8 Å². The molecule has 1 aliphatic carbocycles. The molecular formula is C25H36N4O3. The maximum Gasteiger partial charge on any atom is 0.318 e. The number of para-hydroxylation sites is 1. The minimum absolute atomic E-state index is 0.0710. The predicted octanol–water partition coefficient (Wildman–Crippen LogP) is 3.10. The first-order chi connectivity index (χ1) is 15.7. The van der Waals surface area contributed by atoms with Crippen LogP contribution in [-0.4, -0.2) is 84.1 Å². The van der Waals surface area contributed by atoms with Crippen LogP contribution in [0.5, 0.6) is 5.75 Å². The average Bonchev–Trinajstić information content (AvgIpc) is 3.19. The zero-order valence-corrected chi connectivity index (χ0v) is 19.2. The lowest BCUT2D eigenvalue weighted by molar-refractivity contribution is 0.0470. The second kappa shape index (κ2) is 9.30. The number of benzene rings is 1. The molecule has 1 saturated carbocycles. The summed E-state index contributed by atoms with van der Waals surface area (Å²) in [5, 5.41) is 3.24. The molecule has 0 aromatic heterocycles. The van der Waals surface area contributed by atoms with Crippen LogP contribution in [-0.2, 0) is 0 Å². The highest BCUT2D eigenvalue weighted by atomic mass is 16.5. The average molecular weight is 441 g/mol. The summed E-state index contributed by atoms with van der Waals surface area (Å²) in [4.78, 5) is 32.4. The third-order valence-electron chi connectivity index (χ3n) is 8.13. The van der Waals surface area contributed by atoms with E-state index in [9.17, 15) is 9.59 Å². The van der Waals surface area contributed by atoms with Gasteiger partial charge in [0, 0.05) is 38.3 Å². The number of nitrogens with zero attached hydrogens (tertiary/aromatic N) is 3. The molecule has 1 aromatic rings. The summed E-state index contributed by atoms with van der Waals surface area (Å²) in [5.74, 6) is 0.717. The normalized spacial score (nSPS) is 27.8. The fourth-order valence-electron chi connectivity index (χ4n) is 6.39. The Morgan fingerprint density at radius 3 is 2.38 bits per heavy atom. The molecule has 3 amide bonds. The maximum atomic E-state index is 13.0. The lowest BCUT2D eigenvalue weighted by Crippen LogP contribution is -2.53. The number of methoxy groups -OCH3 is 1. The molecule has 4 fully saturated rings. The van der Waals surface area contributed by atoms with E-state index in [1.807, 2.05) is 29.2 Å². The van der Waals surface area contributed by atoms with Crippen molar-refractivity contribution in [2.45, 2.75) is 75.5 Å². The van der Waals surface area contributed by atoms with Crippen molar-refractivity contribution < 1.29 is 14.3 Å². The molecule has 5 rings (SSSR count). The third-order valence-corrected chi connectivity index (χ3v) is 8.13. The van der Waals surface area contributed by atoms with Crippen LogP contribution in [0.15, 0.2) is 24.3 Å². The van der Waals surface area contributed by atoms with Crippen LogP contribution >= 0.6 is 0 Å². The van der Waals surface area contributed by atoms with Gasteiger partial charge in [0.25, 0.3) is 5.91 Å². The first-order valence-corrected chi connectivity index (χ1v) is 12.4. The summed E-state index contributed by atoms with van der Waals surface area (Å²) in [6.45, 7) is 3.69. The number of carbonyl (C=O) groups excluding carboxylic acids is 2. The number of hydrogen-bond acceptors (Lipinski definition) is 4. The number of ether oxygens (including phenoxy) is 1. The van der Waals surface area contributed by atoms with Crippen molar-refractivity contribution in [2.75, 3.05) is 33.3 Å². The van der Waals surface area contributed by atoms with Crippen molar-refractivity contribution in [1.29, 1.82) is 0 Å². The Labute approximate surface area is 191 Å². The molecule has 174 valence electrons. The Morgan fingerprint density at radius 2 is 1.62 bits per heavy atom. The molecule has 0 spiro atoms. The highest BCUT2D eigenvalue weighted by Gasteiger charge is 2.44. The monoisotopic (exact) mass is 440 g/mol. The molecule has 4 aliphatic rings. The Bertz CT molecular complexity index is 830. The van der Waals surface area contributed by atoms with E-state index in [4.69, 9.17) is 4.74 Å². The van der Waals surface area contributed by atoms with Crippen LogP contribution in [0.3, 0.4) is 0 Å². The van der Waals surface area contributed by atoms with E-state index < -0.39 is 0 Å². The van der Waals surface area contributed by atoms with Crippen LogP contribution in [0.4, 0.5) is 4.79 Å². The van der Waals surface area contributed by atoms with Gasteiger partial charge in [-0.1, -0.05) is 25.0 Å². The number of hydrogen-bond donors (Lipinski definition) is 1. The molecule has 1 unspecified atom stereocenters. The summed E-state index contributed by atoms with van der Waals surface area (Å²) < 4.78 is 5.38. The number of urea groups is 1. The van der Waals surface area contributed by atoms with Gasteiger partial charge >= 0.3 is 6.03 Å². The summed E-state index contributed by atoms with van der Waals surface area (Å²) >= 11 is 0. The van der Waals surface area contributed by atoms with Crippen molar-refractivity contribution in [3.63, 3.8) is 0 Å². The summed E-state index contributed by atoms with van der Waals surface area (Å²) in [5.41, 5.74) is 0.652. The zero-order valence-electron chi connectivity index (χ0n) is 19.2. The smallest absolute Gasteiger partial charge is 0.318 e. The molecule has 3 aliphatic heterocycles. The van der Waals surface area contributed by atoms with E-state index in [2.05, 4.69) is 15.1 Å². The quantitative estimate of drug-likeness (QED) is 0.781. The fourth-order valence-corrected chi connectivity index (χ4v) is 6.39. The van der Waals surface area contributed by atoms with Crippen LogP contribution in [0.2, 0.25) is 0 Å². The van der Waals surface area contributed by atoms with E-state index in [1.54, 1.807) is 7.11 Å². The molecule has 2 atom stereocenters. The lowest BCUT2D eigenvalue weighted by Gasteiger charge is -2.44. The minimum Gasteiger partial charge on any atom is -0.496 e. The number of nitrogens with one attached hydrogen (secondary N) is 1. The maximum absolute atomic E-state index is 13.0. The van der Waals surface area contributed by atoms with Crippen LogP contribution in [0, 0.1) is 0 Å². The topological polar surface area (TPSA) is 65.1 Å². The molecule has 3 saturated heterocycles. The van der Waals surface area contributed by atoms with Crippen LogP contribution < -0.4 is 10.1 Å². The van der Waals surface area contributed by atoms with Gasteiger partial charge in [-0.05, 0) is 50.7 Å². The fraction of sp³-hybridized carbons (Fsp3) is 0.680. The van der Waals surface area contributed by atoms with E-state index in [0.29, 0.717) is 35.5 Å². The first-order valence-electron chi connectivity index (χ1n) is 12.4. The largest absolute Gasteiger partial charge is 0.496 e. The van der Waals surface area contributed by atoms with Gasteiger partial charge < -0.3 is 24.8 Å². The lowest BCUT2D eigenvalue weighted by atomic mass is 9.89. The van der Waals surface area contributed by atoms with Gasteiger partial charge in [-0.25, -0.2) is 4.79 Å². The zero-order chi connectivity index (χ0) is 22.1. The highest BCUT2D eigenvalue weighted by molar-refractivity contribution is 5.97. The molecule has 1 N–H and O–H groups in total. The van der Waals surface area contributed by atoms with E-state index >= 15 is 0 Å². The Hall–Kier alpha value is -2.28. The number of fused-ring (bicyclic) bond motifs is 1. The van der Waals surface area contributed by atoms with E-state index in [0.717, 1.165) is 64.7 Å². The third kappa shape index (κ3) is 4.07. The number of amides is 3. The second-order valence-corrected chi connectivity index (χ2v) is 9.81. The van der Waals surface area contributed by atoms with Gasteiger partial charge in [0.2, 0.25) is 0 Å². The summed E-state index contributed by atoms with van der Waals surface area (Å²) in [6.07, 6.45) is 8.94.